The molecule has 4 aromatic rings. The third-order valence-electron chi connectivity index (χ3n) is 3.31. The Balaban J connectivity index is 1.90. The molecule has 0 saturated carbocycles. The van der Waals surface area contributed by atoms with E-state index >= 15 is 0 Å². The molecule has 0 unspecified atom stereocenters. The minimum Gasteiger partial charge on any atom is -0.382 e. The number of benzene rings is 1. The van der Waals surface area contributed by atoms with Gasteiger partial charge in [0.05, 0.1) is 16.1 Å². The van der Waals surface area contributed by atoms with Gasteiger partial charge in [-0.15, -0.1) is 22.7 Å². The van der Waals surface area contributed by atoms with Gasteiger partial charge in [0.25, 0.3) is 0 Å². The maximum atomic E-state index is 13.1. The lowest BCUT2D eigenvalue weighted by atomic mass is 10.0. The summed E-state index contributed by atoms with van der Waals surface area (Å²) in [6.07, 6.45) is 0. The van der Waals surface area contributed by atoms with Crippen molar-refractivity contribution < 1.29 is 4.39 Å². The standard InChI is InChI=1S/C15H10FN3S2/c16-9-3-1-8(2-4-9)13-14(18-19-15(13)17)12-7-11-10(21-12)5-6-20-11/h1-7H,(H3,17,18,19). The molecule has 104 valence electrons. The van der Waals surface area contributed by atoms with Crippen LogP contribution >= 0.6 is 22.7 Å². The van der Waals surface area contributed by atoms with Crippen molar-refractivity contribution in [2.45, 2.75) is 0 Å². The molecule has 21 heavy (non-hydrogen) atoms. The molecule has 0 aliphatic rings. The summed E-state index contributed by atoms with van der Waals surface area (Å²) in [6.45, 7) is 0. The van der Waals surface area contributed by atoms with Crippen molar-refractivity contribution in [3.63, 3.8) is 0 Å². The zero-order chi connectivity index (χ0) is 14.4. The summed E-state index contributed by atoms with van der Waals surface area (Å²) in [5.74, 6) is 0.160. The fourth-order valence-electron chi connectivity index (χ4n) is 2.33. The second-order valence-electron chi connectivity index (χ2n) is 4.63. The molecule has 1 aromatic carbocycles. The predicted molar refractivity (Wildman–Crippen MR) is 87.1 cm³/mol. The molecule has 0 atom stereocenters. The Morgan fingerprint density at radius 3 is 2.67 bits per heavy atom. The van der Waals surface area contributed by atoms with Crippen LogP contribution in [0.3, 0.4) is 0 Å². The van der Waals surface area contributed by atoms with Gasteiger partial charge in [0, 0.05) is 9.40 Å². The van der Waals surface area contributed by atoms with Crippen LogP contribution in [-0.4, -0.2) is 10.2 Å². The van der Waals surface area contributed by atoms with Gasteiger partial charge in [0.2, 0.25) is 0 Å². The van der Waals surface area contributed by atoms with E-state index in [4.69, 9.17) is 5.73 Å². The number of fused-ring (bicyclic) bond motifs is 1. The van der Waals surface area contributed by atoms with E-state index in [2.05, 4.69) is 27.7 Å². The van der Waals surface area contributed by atoms with E-state index < -0.39 is 0 Å². The maximum absolute atomic E-state index is 13.1. The van der Waals surface area contributed by atoms with Crippen LogP contribution < -0.4 is 5.73 Å². The number of aromatic nitrogens is 2. The second kappa shape index (κ2) is 4.68. The van der Waals surface area contributed by atoms with Gasteiger partial charge in [-0.2, -0.15) is 5.10 Å². The molecular formula is C15H10FN3S2. The van der Waals surface area contributed by atoms with E-state index in [-0.39, 0.29) is 5.82 Å². The SMILES string of the molecule is Nc1n[nH]c(-c2cc3sccc3s2)c1-c1ccc(F)cc1. The molecule has 0 aliphatic carbocycles. The molecule has 6 heteroatoms. The molecule has 0 bridgehead atoms. The van der Waals surface area contributed by atoms with Crippen LogP contribution in [0.25, 0.3) is 31.1 Å². The lowest BCUT2D eigenvalue weighted by Gasteiger charge is -2.02. The number of anilines is 1. The summed E-state index contributed by atoms with van der Waals surface area (Å²) in [5.41, 5.74) is 8.55. The fraction of sp³-hybridized carbons (Fsp3) is 0. The van der Waals surface area contributed by atoms with Gasteiger partial charge in [-0.25, -0.2) is 4.39 Å². The van der Waals surface area contributed by atoms with Gasteiger partial charge in [-0.05, 0) is 35.2 Å². The Morgan fingerprint density at radius 2 is 1.90 bits per heavy atom. The van der Waals surface area contributed by atoms with E-state index in [0.717, 1.165) is 21.7 Å². The van der Waals surface area contributed by atoms with E-state index in [0.29, 0.717) is 5.82 Å². The number of nitrogen functional groups attached to an aromatic ring is 1. The van der Waals surface area contributed by atoms with Crippen LogP contribution in [0, 0.1) is 5.82 Å². The third kappa shape index (κ3) is 2.03. The highest BCUT2D eigenvalue weighted by Gasteiger charge is 2.17. The number of aromatic amines is 1. The van der Waals surface area contributed by atoms with Crippen molar-refractivity contribution >= 4 is 37.9 Å². The number of halogens is 1. The average Bonchev–Trinajstić information content (AvgIpc) is 3.13. The van der Waals surface area contributed by atoms with Crippen LogP contribution in [0.1, 0.15) is 0 Å². The fourth-order valence-corrected chi connectivity index (χ4v) is 4.44. The summed E-state index contributed by atoms with van der Waals surface area (Å²) in [7, 11) is 0. The third-order valence-corrected chi connectivity index (χ3v) is 5.42. The molecule has 0 fully saturated rings. The van der Waals surface area contributed by atoms with Gasteiger partial charge in [-0.3, -0.25) is 5.10 Å². The van der Waals surface area contributed by atoms with Crippen molar-refractivity contribution in [1.82, 2.24) is 10.2 Å². The van der Waals surface area contributed by atoms with Crippen molar-refractivity contribution in [3.05, 3.63) is 47.6 Å². The predicted octanol–water partition coefficient (Wildman–Crippen LogP) is 4.74. The zero-order valence-electron chi connectivity index (χ0n) is 10.8. The first-order valence-electron chi connectivity index (χ1n) is 6.29. The molecule has 3 N–H and O–H groups in total. The lowest BCUT2D eigenvalue weighted by molar-refractivity contribution is 0.628. The van der Waals surface area contributed by atoms with E-state index in [1.54, 1.807) is 34.8 Å². The normalized spacial score (nSPS) is 11.3. The van der Waals surface area contributed by atoms with Crippen molar-refractivity contribution in [2.75, 3.05) is 5.73 Å². The Morgan fingerprint density at radius 1 is 1.10 bits per heavy atom. The molecule has 0 radical (unpaired) electrons. The summed E-state index contributed by atoms with van der Waals surface area (Å²) < 4.78 is 15.6. The summed E-state index contributed by atoms with van der Waals surface area (Å²) in [4.78, 5) is 1.08. The topological polar surface area (TPSA) is 54.7 Å². The van der Waals surface area contributed by atoms with Gasteiger partial charge >= 0.3 is 0 Å². The quantitative estimate of drug-likeness (QED) is 0.561. The Bertz CT molecular complexity index is 890. The van der Waals surface area contributed by atoms with Crippen molar-refractivity contribution in [2.24, 2.45) is 0 Å². The largest absolute Gasteiger partial charge is 0.382 e. The molecule has 3 aromatic heterocycles. The molecule has 0 saturated heterocycles. The number of nitrogens with zero attached hydrogens (tertiary/aromatic N) is 1. The number of hydrogen-bond acceptors (Lipinski definition) is 4. The Hall–Kier alpha value is -2.18. The number of thiophene rings is 2. The highest BCUT2D eigenvalue weighted by atomic mass is 32.1. The second-order valence-corrected chi connectivity index (χ2v) is 6.66. The Kier molecular flexibility index (Phi) is 2.80. The van der Waals surface area contributed by atoms with E-state index in [9.17, 15) is 4.39 Å². The maximum Gasteiger partial charge on any atom is 0.153 e. The number of nitrogens with two attached hydrogens (primary N) is 1. The van der Waals surface area contributed by atoms with Gasteiger partial charge in [0.1, 0.15) is 5.82 Å². The number of hydrogen-bond donors (Lipinski definition) is 2. The monoisotopic (exact) mass is 315 g/mol. The molecule has 0 aliphatic heterocycles. The first-order valence-corrected chi connectivity index (χ1v) is 7.99. The molecule has 4 rings (SSSR count). The summed E-state index contributed by atoms with van der Waals surface area (Å²) >= 11 is 3.40. The first-order chi connectivity index (χ1) is 10.2. The lowest BCUT2D eigenvalue weighted by Crippen LogP contribution is -1.88. The van der Waals surface area contributed by atoms with Gasteiger partial charge in [-0.1, -0.05) is 12.1 Å². The van der Waals surface area contributed by atoms with Crippen LogP contribution in [0.2, 0.25) is 0 Å². The van der Waals surface area contributed by atoms with Crippen molar-refractivity contribution in [1.29, 1.82) is 0 Å². The molecule has 3 nitrogen and oxygen atoms in total. The number of nitrogens with one attached hydrogen (secondary N) is 1. The highest BCUT2D eigenvalue weighted by molar-refractivity contribution is 7.28. The smallest absolute Gasteiger partial charge is 0.153 e. The van der Waals surface area contributed by atoms with E-state index in [1.165, 1.54) is 21.5 Å². The van der Waals surface area contributed by atoms with Gasteiger partial charge in [0.15, 0.2) is 5.82 Å². The number of rotatable bonds is 2. The van der Waals surface area contributed by atoms with E-state index in [1.807, 2.05) is 0 Å². The van der Waals surface area contributed by atoms with Gasteiger partial charge < -0.3 is 5.73 Å². The van der Waals surface area contributed by atoms with Crippen LogP contribution in [0.4, 0.5) is 10.2 Å². The summed E-state index contributed by atoms with van der Waals surface area (Å²) in [5, 5.41) is 9.19. The zero-order valence-corrected chi connectivity index (χ0v) is 12.4. The number of H-pyrrole nitrogens is 1. The molecule has 3 heterocycles. The molecule has 0 amide bonds. The molecule has 0 spiro atoms. The van der Waals surface area contributed by atoms with Crippen LogP contribution in [0.5, 0.6) is 0 Å². The van der Waals surface area contributed by atoms with Crippen LogP contribution in [-0.2, 0) is 0 Å². The first kappa shape index (κ1) is 12.6. The Labute approximate surface area is 127 Å². The average molecular weight is 315 g/mol. The minimum absolute atomic E-state index is 0.265. The van der Waals surface area contributed by atoms with Crippen LogP contribution in [0.15, 0.2) is 41.8 Å². The molecular weight excluding hydrogens is 305 g/mol. The summed E-state index contributed by atoms with van der Waals surface area (Å²) in [6, 6.07) is 10.5. The minimum atomic E-state index is -0.265. The van der Waals surface area contributed by atoms with Crippen molar-refractivity contribution in [3.8, 4) is 21.7 Å². The highest BCUT2D eigenvalue weighted by Crippen LogP contribution is 2.41.